The van der Waals surface area contributed by atoms with Crippen molar-refractivity contribution < 1.29 is 24.5 Å². The Labute approximate surface area is 129 Å². The van der Waals surface area contributed by atoms with E-state index in [1.165, 1.54) is 12.1 Å². The van der Waals surface area contributed by atoms with Crippen molar-refractivity contribution in [3.05, 3.63) is 34.4 Å². The van der Waals surface area contributed by atoms with Crippen LogP contribution in [0.3, 0.4) is 0 Å². The van der Waals surface area contributed by atoms with Gasteiger partial charge >= 0.3 is 5.97 Å². The Morgan fingerprint density at radius 3 is 2.55 bits per heavy atom. The highest BCUT2D eigenvalue weighted by Crippen LogP contribution is 2.35. The molecule has 0 fully saturated rings. The highest BCUT2D eigenvalue weighted by Gasteiger charge is 2.21. The minimum Gasteiger partial charge on any atom is -0.508 e. The second kappa shape index (κ2) is 8.41. The summed E-state index contributed by atoms with van der Waals surface area (Å²) in [6.07, 6.45) is 4.82. The molecule has 0 saturated carbocycles. The molecule has 1 aromatic rings. The third-order valence-corrected chi connectivity index (χ3v) is 3.59. The number of unbranched alkanes of at least 4 members (excludes halogenated alkanes) is 2. The largest absolute Gasteiger partial charge is 0.508 e. The summed E-state index contributed by atoms with van der Waals surface area (Å²) < 4.78 is 12.4. The van der Waals surface area contributed by atoms with Crippen LogP contribution in [0.15, 0.2) is 17.7 Å². The summed E-state index contributed by atoms with van der Waals surface area (Å²) >= 11 is 0. The van der Waals surface area contributed by atoms with E-state index in [4.69, 9.17) is 0 Å². The molecule has 1 aromatic carbocycles. The summed E-state index contributed by atoms with van der Waals surface area (Å²) in [6, 6.07) is 1.40. The second-order valence-electron chi connectivity index (χ2n) is 5.41. The van der Waals surface area contributed by atoms with E-state index in [0.29, 0.717) is 17.6 Å². The van der Waals surface area contributed by atoms with E-state index in [1.807, 2.05) is 6.92 Å². The van der Waals surface area contributed by atoms with Gasteiger partial charge in [-0.1, -0.05) is 25.8 Å². The maximum Gasteiger partial charge on any atom is 0.339 e. The third-order valence-electron chi connectivity index (χ3n) is 3.59. The highest BCUT2D eigenvalue weighted by atomic mass is 19.1. The van der Waals surface area contributed by atoms with Gasteiger partial charge in [0.25, 0.3) is 0 Å². The molecule has 0 atom stereocenters. The normalized spacial score (nSPS) is 11.7. The average Bonchev–Trinajstić information content (AvgIpc) is 2.46. The van der Waals surface area contributed by atoms with Crippen molar-refractivity contribution in [2.45, 2.75) is 46.0 Å². The van der Waals surface area contributed by atoms with Crippen molar-refractivity contribution >= 4 is 5.97 Å². The zero-order chi connectivity index (χ0) is 16.7. The molecule has 0 aliphatic rings. The lowest BCUT2D eigenvalue weighted by Crippen LogP contribution is -2.05. The molecule has 0 unspecified atom stereocenters. The SMILES string of the molecule is CCCCCc1cc(O)c(CC=C(C)CF)c(O)c1C(=O)O. The quantitative estimate of drug-likeness (QED) is 0.501. The fourth-order valence-electron chi connectivity index (χ4n) is 2.28. The van der Waals surface area contributed by atoms with E-state index in [1.54, 1.807) is 6.92 Å². The molecule has 0 spiro atoms. The molecule has 0 amide bonds. The first kappa shape index (κ1) is 18.0. The Morgan fingerprint density at radius 2 is 2.00 bits per heavy atom. The van der Waals surface area contributed by atoms with Gasteiger partial charge in [-0.25, -0.2) is 9.18 Å². The number of aromatic hydroxyl groups is 2. The van der Waals surface area contributed by atoms with Crippen LogP contribution < -0.4 is 0 Å². The molecule has 0 heterocycles. The lowest BCUT2D eigenvalue weighted by molar-refractivity contribution is 0.0692. The number of carbonyl (C=O) groups is 1. The van der Waals surface area contributed by atoms with E-state index in [0.717, 1.165) is 19.3 Å². The van der Waals surface area contributed by atoms with Crippen LogP contribution in [-0.2, 0) is 12.8 Å². The van der Waals surface area contributed by atoms with Crippen LogP contribution in [0.4, 0.5) is 4.39 Å². The van der Waals surface area contributed by atoms with Crippen molar-refractivity contribution in [1.29, 1.82) is 0 Å². The average molecular weight is 310 g/mol. The smallest absolute Gasteiger partial charge is 0.339 e. The monoisotopic (exact) mass is 310 g/mol. The molecule has 3 N–H and O–H groups in total. The second-order valence-corrected chi connectivity index (χ2v) is 5.41. The Balaban J connectivity index is 3.21. The predicted molar refractivity (Wildman–Crippen MR) is 83.4 cm³/mol. The van der Waals surface area contributed by atoms with Crippen LogP contribution in [0.1, 0.15) is 54.6 Å². The molecule has 22 heavy (non-hydrogen) atoms. The molecule has 0 saturated heterocycles. The van der Waals surface area contributed by atoms with Crippen molar-refractivity contribution in [3.63, 3.8) is 0 Å². The standard InChI is InChI=1S/C17H23FO4/c1-3-4-5-6-12-9-14(19)13(8-7-11(2)10-18)16(20)15(12)17(21)22/h7,9,19-20H,3-6,8,10H2,1-2H3,(H,21,22). The lowest BCUT2D eigenvalue weighted by Gasteiger charge is -2.13. The van der Waals surface area contributed by atoms with Gasteiger partial charge in [0, 0.05) is 5.56 Å². The Kier molecular flexibility index (Phi) is 6.89. The van der Waals surface area contributed by atoms with E-state index in [2.05, 4.69) is 0 Å². The minimum absolute atomic E-state index is 0.0863. The molecule has 4 nitrogen and oxygen atoms in total. The summed E-state index contributed by atoms with van der Waals surface area (Å²) in [4.78, 5) is 11.4. The molecule has 0 aromatic heterocycles. The van der Waals surface area contributed by atoms with E-state index in [9.17, 15) is 24.5 Å². The maximum absolute atomic E-state index is 12.4. The molecule has 0 bridgehead atoms. The first-order valence-corrected chi connectivity index (χ1v) is 7.43. The number of alkyl halides is 1. The van der Waals surface area contributed by atoms with Crippen LogP contribution in [-0.4, -0.2) is 28.0 Å². The molecular weight excluding hydrogens is 287 g/mol. The lowest BCUT2D eigenvalue weighted by atomic mass is 9.95. The summed E-state index contributed by atoms with van der Waals surface area (Å²) in [7, 11) is 0. The first-order chi connectivity index (χ1) is 10.4. The van der Waals surface area contributed by atoms with Crippen LogP contribution in [0, 0.1) is 0 Å². The Bertz CT molecular complexity index is 564. The van der Waals surface area contributed by atoms with Crippen molar-refractivity contribution in [2.24, 2.45) is 0 Å². The fraction of sp³-hybridized carbons (Fsp3) is 0.471. The first-order valence-electron chi connectivity index (χ1n) is 7.43. The zero-order valence-electron chi connectivity index (χ0n) is 13.0. The number of rotatable bonds is 8. The summed E-state index contributed by atoms with van der Waals surface area (Å²) in [5.74, 6) is -1.81. The van der Waals surface area contributed by atoms with Crippen molar-refractivity contribution in [1.82, 2.24) is 0 Å². The molecular formula is C17H23FO4. The Hall–Kier alpha value is -2.04. The number of hydrogen-bond donors (Lipinski definition) is 3. The van der Waals surface area contributed by atoms with E-state index in [-0.39, 0.29) is 23.3 Å². The van der Waals surface area contributed by atoms with Crippen LogP contribution in [0.2, 0.25) is 0 Å². The van der Waals surface area contributed by atoms with E-state index < -0.39 is 18.4 Å². The molecule has 0 aliphatic heterocycles. The van der Waals surface area contributed by atoms with Crippen molar-refractivity contribution in [2.75, 3.05) is 6.67 Å². The van der Waals surface area contributed by atoms with Gasteiger partial charge in [0.05, 0.1) is 0 Å². The maximum atomic E-state index is 12.4. The molecule has 0 aliphatic carbocycles. The van der Waals surface area contributed by atoms with Gasteiger partial charge in [-0.05, 0) is 43.4 Å². The molecule has 5 heteroatoms. The number of benzene rings is 1. The third kappa shape index (κ3) is 4.48. The number of halogens is 1. The van der Waals surface area contributed by atoms with Crippen LogP contribution in [0.5, 0.6) is 11.5 Å². The van der Waals surface area contributed by atoms with Crippen LogP contribution in [0.25, 0.3) is 0 Å². The summed E-state index contributed by atoms with van der Waals surface area (Å²) in [5, 5.41) is 29.6. The van der Waals surface area contributed by atoms with Gasteiger partial charge < -0.3 is 15.3 Å². The van der Waals surface area contributed by atoms with Crippen molar-refractivity contribution in [3.8, 4) is 11.5 Å². The number of aryl methyl sites for hydroxylation is 1. The number of phenolic OH excluding ortho intramolecular Hbond substituents is 1. The van der Waals surface area contributed by atoms with Gasteiger partial charge in [-0.2, -0.15) is 0 Å². The summed E-state index contributed by atoms with van der Waals surface area (Å²) in [5.41, 5.74) is 0.827. The number of hydrogen-bond acceptors (Lipinski definition) is 3. The van der Waals surface area contributed by atoms with Gasteiger partial charge in [0.2, 0.25) is 0 Å². The van der Waals surface area contributed by atoms with Gasteiger partial charge in [0.15, 0.2) is 0 Å². The minimum atomic E-state index is -1.23. The number of phenols is 2. The number of carboxylic acids is 1. The number of aromatic carboxylic acids is 1. The molecule has 1 rings (SSSR count). The van der Waals surface area contributed by atoms with E-state index >= 15 is 0 Å². The van der Waals surface area contributed by atoms with Crippen LogP contribution >= 0.6 is 0 Å². The van der Waals surface area contributed by atoms with Gasteiger partial charge in [-0.15, -0.1) is 0 Å². The number of carboxylic acid groups (broad SMARTS) is 1. The number of allylic oxidation sites excluding steroid dienone is 2. The highest BCUT2D eigenvalue weighted by molar-refractivity contribution is 5.93. The molecule has 0 radical (unpaired) electrons. The Morgan fingerprint density at radius 1 is 1.32 bits per heavy atom. The summed E-state index contributed by atoms with van der Waals surface area (Å²) in [6.45, 7) is 3.00. The van der Waals surface area contributed by atoms with Gasteiger partial charge in [0.1, 0.15) is 23.7 Å². The van der Waals surface area contributed by atoms with Gasteiger partial charge in [-0.3, -0.25) is 0 Å². The predicted octanol–water partition coefficient (Wildman–Crippen LogP) is 3.99. The fourth-order valence-corrected chi connectivity index (χ4v) is 2.28. The molecule has 122 valence electrons. The zero-order valence-corrected chi connectivity index (χ0v) is 13.0. The topological polar surface area (TPSA) is 77.8 Å².